The van der Waals surface area contributed by atoms with E-state index in [9.17, 15) is 9.18 Å². The first-order valence-electron chi connectivity index (χ1n) is 10.4. The van der Waals surface area contributed by atoms with Gasteiger partial charge in [-0.1, -0.05) is 35.8 Å². The molecular weight excluding hydrogens is 367 g/mol. The van der Waals surface area contributed by atoms with Gasteiger partial charge in [0.2, 0.25) is 0 Å². The average molecular weight is 394 g/mol. The van der Waals surface area contributed by atoms with Gasteiger partial charge in [0.25, 0.3) is 0 Å². The molecule has 1 N–H and O–H groups in total. The highest BCUT2D eigenvalue weighted by Gasteiger charge is 2.37. The van der Waals surface area contributed by atoms with Crippen molar-refractivity contribution in [2.45, 2.75) is 50.9 Å². The Hall–Kier alpha value is -2.53. The van der Waals surface area contributed by atoms with Gasteiger partial charge in [0.15, 0.2) is 11.4 Å². The highest BCUT2D eigenvalue weighted by molar-refractivity contribution is 5.94. The minimum absolute atomic E-state index is 0.0210. The summed E-state index contributed by atoms with van der Waals surface area (Å²) in [5.41, 5.74) is 3.52. The SMILES string of the molecule is CC(=O)c1ccc(CCCCC2(c3noc4cc(F)ccc34)CCNCC2)cc1. The number of fused-ring (bicyclic) bond motifs is 1. The summed E-state index contributed by atoms with van der Waals surface area (Å²) in [5, 5.41) is 8.78. The van der Waals surface area contributed by atoms with Crippen molar-refractivity contribution >= 4 is 16.8 Å². The van der Waals surface area contributed by atoms with E-state index in [1.54, 1.807) is 13.0 Å². The molecule has 0 atom stereocenters. The number of hydrogen-bond donors (Lipinski definition) is 1. The molecule has 2 heterocycles. The summed E-state index contributed by atoms with van der Waals surface area (Å²) in [6.07, 6.45) is 6.23. The maximum absolute atomic E-state index is 13.5. The van der Waals surface area contributed by atoms with Crippen molar-refractivity contribution in [1.82, 2.24) is 10.5 Å². The molecule has 1 fully saturated rings. The molecule has 1 aliphatic heterocycles. The average Bonchev–Trinajstić information content (AvgIpc) is 3.16. The highest BCUT2D eigenvalue weighted by Crippen LogP contribution is 2.41. The van der Waals surface area contributed by atoms with E-state index in [1.807, 2.05) is 12.1 Å². The third-order valence-electron chi connectivity index (χ3n) is 6.23. The van der Waals surface area contributed by atoms with Crippen molar-refractivity contribution in [3.63, 3.8) is 0 Å². The number of carbonyl (C=O) groups is 1. The van der Waals surface area contributed by atoms with Crippen LogP contribution in [0.2, 0.25) is 0 Å². The smallest absolute Gasteiger partial charge is 0.170 e. The van der Waals surface area contributed by atoms with Crippen LogP contribution >= 0.6 is 0 Å². The maximum Gasteiger partial charge on any atom is 0.170 e. The number of unbranched alkanes of at least 4 members (excludes halogenated alkanes) is 1. The van der Waals surface area contributed by atoms with Crippen LogP contribution < -0.4 is 5.32 Å². The van der Waals surface area contributed by atoms with Crippen LogP contribution in [-0.4, -0.2) is 24.0 Å². The zero-order chi connectivity index (χ0) is 20.3. The van der Waals surface area contributed by atoms with Crippen LogP contribution in [0.25, 0.3) is 11.0 Å². The lowest BCUT2D eigenvalue weighted by atomic mass is 9.71. The summed E-state index contributed by atoms with van der Waals surface area (Å²) >= 11 is 0. The predicted molar refractivity (Wildman–Crippen MR) is 112 cm³/mol. The van der Waals surface area contributed by atoms with Crippen LogP contribution in [0.15, 0.2) is 47.0 Å². The van der Waals surface area contributed by atoms with Crippen molar-refractivity contribution in [2.24, 2.45) is 0 Å². The minimum Gasteiger partial charge on any atom is -0.356 e. The topological polar surface area (TPSA) is 55.1 Å². The molecule has 4 nitrogen and oxygen atoms in total. The predicted octanol–water partition coefficient (Wildman–Crippen LogP) is 5.20. The number of halogens is 1. The largest absolute Gasteiger partial charge is 0.356 e. The van der Waals surface area contributed by atoms with Crippen molar-refractivity contribution in [2.75, 3.05) is 13.1 Å². The van der Waals surface area contributed by atoms with E-state index in [2.05, 4.69) is 22.6 Å². The number of piperidine rings is 1. The van der Waals surface area contributed by atoms with Gasteiger partial charge in [-0.05, 0) is 69.8 Å². The second kappa shape index (κ2) is 8.46. The van der Waals surface area contributed by atoms with Gasteiger partial charge in [0.05, 0.1) is 5.69 Å². The summed E-state index contributed by atoms with van der Waals surface area (Å²) in [4.78, 5) is 11.4. The Kier molecular flexibility index (Phi) is 5.76. The number of aryl methyl sites for hydroxylation is 1. The van der Waals surface area contributed by atoms with Crippen LogP contribution in [0.5, 0.6) is 0 Å². The van der Waals surface area contributed by atoms with Gasteiger partial charge >= 0.3 is 0 Å². The molecule has 0 spiro atoms. The maximum atomic E-state index is 13.5. The van der Waals surface area contributed by atoms with E-state index >= 15 is 0 Å². The lowest BCUT2D eigenvalue weighted by molar-refractivity contribution is 0.101. The number of carbonyl (C=O) groups excluding carboxylic acids is 1. The third kappa shape index (κ3) is 4.25. The summed E-state index contributed by atoms with van der Waals surface area (Å²) in [6, 6.07) is 12.6. The van der Waals surface area contributed by atoms with Gasteiger partial charge in [0, 0.05) is 22.4 Å². The van der Waals surface area contributed by atoms with E-state index in [0.717, 1.165) is 68.3 Å². The van der Waals surface area contributed by atoms with Crippen molar-refractivity contribution in [3.8, 4) is 0 Å². The molecule has 0 bridgehead atoms. The second-order valence-corrected chi connectivity index (χ2v) is 8.16. The van der Waals surface area contributed by atoms with E-state index < -0.39 is 0 Å². The highest BCUT2D eigenvalue weighted by atomic mass is 19.1. The van der Waals surface area contributed by atoms with Crippen LogP contribution in [0, 0.1) is 5.82 Å². The molecule has 0 radical (unpaired) electrons. The molecule has 1 saturated heterocycles. The minimum atomic E-state index is -0.296. The Morgan fingerprint density at radius 3 is 2.62 bits per heavy atom. The fourth-order valence-electron chi connectivity index (χ4n) is 4.50. The van der Waals surface area contributed by atoms with Crippen LogP contribution in [0.1, 0.15) is 60.6 Å². The van der Waals surface area contributed by atoms with Crippen LogP contribution in [0.4, 0.5) is 4.39 Å². The number of nitrogens with one attached hydrogen (secondary N) is 1. The number of benzene rings is 2. The molecule has 152 valence electrons. The molecule has 2 aromatic carbocycles. The normalized spacial score (nSPS) is 16.2. The molecule has 1 aliphatic rings. The van der Waals surface area contributed by atoms with Gasteiger partial charge in [-0.25, -0.2) is 4.39 Å². The summed E-state index contributed by atoms with van der Waals surface area (Å²) < 4.78 is 19.0. The molecule has 4 rings (SSSR count). The van der Waals surface area contributed by atoms with E-state index in [-0.39, 0.29) is 17.0 Å². The molecule has 0 aliphatic carbocycles. The molecule has 5 heteroatoms. The molecule has 0 saturated carbocycles. The summed E-state index contributed by atoms with van der Waals surface area (Å²) in [7, 11) is 0. The number of aromatic nitrogens is 1. The lowest BCUT2D eigenvalue weighted by Crippen LogP contribution is -2.40. The Labute approximate surface area is 170 Å². The lowest BCUT2D eigenvalue weighted by Gasteiger charge is -2.36. The summed E-state index contributed by atoms with van der Waals surface area (Å²) in [5.74, 6) is -0.195. The van der Waals surface area contributed by atoms with Crippen LogP contribution in [-0.2, 0) is 11.8 Å². The van der Waals surface area contributed by atoms with Crippen molar-refractivity contribution < 1.29 is 13.7 Å². The number of rotatable bonds is 7. The first-order valence-corrected chi connectivity index (χ1v) is 10.4. The zero-order valence-corrected chi connectivity index (χ0v) is 16.8. The molecule has 29 heavy (non-hydrogen) atoms. The summed E-state index contributed by atoms with van der Waals surface area (Å²) in [6.45, 7) is 3.51. The fraction of sp³-hybridized carbons (Fsp3) is 0.417. The zero-order valence-electron chi connectivity index (χ0n) is 16.8. The van der Waals surface area contributed by atoms with Crippen LogP contribution in [0.3, 0.4) is 0 Å². The third-order valence-corrected chi connectivity index (χ3v) is 6.23. The molecule has 3 aromatic rings. The van der Waals surface area contributed by atoms with E-state index in [4.69, 9.17) is 4.52 Å². The van der Waals surface area contributed by atoms with Crippen molar-refractivity contribution in [3.05, 3.63) is 65.1 Å². The first kappa shape index (κ1) is 19.8. The van der Waals surface area contributed by atoms with Gasteiger partial charge in [0.1, 0.15) is 5.82 Å². The fourth-order valence-corrected chi connectivity index (χ4v) is 4.50. The van der Waals surface area contributed by atoms with E-state index in [0.29, 0.717) is 5.58 Å². The Balaban J connectivity index is 1.45. The number of Topliss-reactive ketones (excluding diaryl/α,β-unsaturated/α-hetero) is 1. The first-order chi connectivity index (χ1) is 14.1. The molecule has 1 aromatic heterocycles. The van der Waals surface area contributed by atoms with Gasteiger partial charge in [-0.15, -0.1) is 0 Å². The molecule has 0 amide bonds. The van der Waals surface area contributed by atoms with E-state index in [1.165, 1.54) is 17.7 Å². The van der Waals surface area contributed by atoms with Gasteiger partial charge < -0.3 is 9.84 Å². The Morgan fingerprint density at radius 2 is 1.90 bits per heavy atom. The molecule has 0 unspecified atom stereocenters. The number of hydrogen-bond acceptors (Lipinski definition) is 4. The molecular formula is C24H27FN2O2. The quantitative estimate of drug-likeness (QED) is 0.442. The van der Waals surface area contributed by atoms with Crippen molar-refractivity contribution in [1.29, 1.82) is 0 Å². The Morgan fingerprint density at radius 1 is 1.14 bits per heavy atom. The Bertz CT molecular complexity index is 988. The van der Waals surface area contributed by atoms with Gasteiger partial charge in [-0.2, -0.15) is 0 Å². The standard InChI is InChI=1S/C24H27FN2O2/c1-17(28)19-7-5-18(6-8-19)4-2-3-11-24(12-14-26-15-13-24)23-21-10-9-20(25)16-22(21)29-27-23/h5-10,16,26H,2-4,11-15H2,1H3. The second-order valence-electron chi connectivity index (χ2n) is 8.16. The number of ketones is 1. The monoisotopic (exact) mass is 394 g/mol. The van der Waals surface area contributed by atoms with Gasteiger partial charge in [-0.3, -0.25) is 4.79 Å². The number of nitrogens with zero attached hydrogens (tertiary/aromatic N) is 1.